The highest BCUT2D eigenvalue weighted by molar-refractivity contribution is 6.28. The van der Waals surface area contributed by atoms with Gasteiger partial charge in [0.25, 0.3) is 11.2 Å². The minimum atomic E-state index is -3.95. The van der Waals surface area contributed by atoms with Crippen molar-refractivity contribution < 1.29 is 44.7 Å². The van der Waals surface area contributed by atoms with Crippen molar-refractivity contribution in [2.75, 3.05) is 20.6 Å². The molecule has 3 rings (SSSR count). The van der Waals surface area contributed by atoms with E-state index in [0.29, 0.717) is 17.6 Å². The minimum Gasteiger partial charge on any atom is -0.508 e. The van der Waals surface area contributed by atoms with Crippen LogP contribution in [0, 0.1) is 5.92 Å². The SMILES string of the molecule is CC[C@@H](c1cccc(O)c1)[C@@H](C)CN(C)C.O=C(O)C(O)(C(=O)c1ccccc1)C(O)(C(=O)O)C(=O)c1ccccc1. The molecule has 0 aliphatic carbocycles. The highest BCUT2D eigenvalue weighted by Gasteiger charge is 2.69. The summed E-state index contributed by atoms with van der Waals surface area (Å²) in [5.74, 6) is -6.54. The monoisotopic (exact) mass is 579 g/mol. The van der Waals surface area contributed by atoms with Crippen LogP contribution in [0.5, 0.6) is 5.75 Å². The Labute approximate surface area is 244 Å². The largest absolute Gasteiger partial charge is 0.508 e. The molecule has 3 aromatic rings. The van der Waals surface area contributed by atoms with Gasteiger partial charge in [-0.2, -0.15) is 0 Å². The molecule has 0 heterocycles. The number of hydrogen-bond donors (Lipinski definition) is 5. The second-order valence-corrected chi connectivity index (χ2v) is 10.3. The summed E-state index contributed by atoms with van der Waals surface area (Å²) in [5, 5.41) is 49.4. The summed E-state index contributed by atoms with van der Waals surface area (Å²) in [6.45, 7) is 5.56. The Morgan fingerprint density at radius 3 is 1.50 bits per heavy atom. The number of carbonyl (C=O) groups is 4. The first-order valence-corrected chi connectivity index (χ1v) is 13.3. The normalized spacial score (nSPS) is 15.2. The number of ketones is 2. The van der Waals surface area contributed by atoms with E-state index in [2.05, 4.69) is 38.9 Å². The van der Waals surface area contributed by atoms with Crippen LogP contribution in [-0.2, 0) is 9.59 Å². The Kier molecular flexibility index (Phi) is 11.7. The predicted molar refractivity (Wildman–Crippen MR) is 156 cm³/mol. The van der Waals surface area contributed by atoms with E-state index in [4.69, 9.17) is 0 Å². The number of aromatic hydroxyl groups is 1. The lowest BCUT2D eigenvalue weighted by molar-refractivity contribution is -0.187. The van der Waals surface area contributed by atoms with E-state index in [-0.39, 0.29) is 0 Å². The maximum atomic E-state index is 12.6. The second kappa shape index (κ2) is 14.5. The summed E-state index contributed by atoms with van der Waals surface area (Å²) in [5.41, 5.74) is -7.44. The van der Waals surface area contributed by atoms with Crippen LogP contribution in [0.1, 0.15) is 52.5 Å². The number of carbonyl (C=O) groups excluding carboxylic acids is 2. The Morgan fingerprint density at radius 1 is 0.738 bits per heavy atom. The molecule has 0 aliphatic heterocycles. The van der Waals surface area contributed by atoms with Gasteiger partial charge in [-0.1, -0.05) is 86.6 Å². The Balaban J connectivity index is 0.000000330. The molecule has 0 spiro atoms. The number of phenols is 1. The third-order valence-electron chi connectivity index (χ3n) is 6.95. The zero-order valence-electron chi connectivity index (χ0n) is 24.0. The predicted octanol–water partition coefficient (Wildman–Crippen LogP) is 3.47. The van der Waals surface area contributed by atoms with Gasteiger partial charge in [0.2, 0.25) is 11.6 Å². The molecule has 3 aromatic carbocycles. The topological polar surface area (TPSA) is 173 Å². The van der Waals surface area contributed by atoms with Crippen molar-refractivity contribution in [3.8, 4) is 5.75 Å². The van der Waals surface area contributed by atoms with Gasteiger partial charge in [-0.25, -0.2) is 9.59 Å². The first-order valence-electron chi connectivity index (χ1n) is 13.3. The van der Waals surface area contributed by atoms with E-state index in [0.717, 1.165) is 37.2 Å². The standard InChI is InChI=1S/C18H14O8.C14H23NO/c19-13(11-7-3-1-4-8-11)17(25,15(21)22)18(26,16(23)24)14(20)12-9-5-2-6-10-12;1-5-14(11(2)10-15(3)4)12-7-6-8-13(16)9-12/h1-10,25-26H,(H,21,22)(H,23,24);6-9,11,14,16H,5,10H2,1-4H3/t;11-,14+/m.0/s1. The van der Waals surface area contributed by atoms with Crippen molar-refractivity contribution in [3.05, 3.63) is 102 Å². The summed E-state index contributed by atoms with van der Waals surface area (Å²) in [6, 6.07) is 20.5. The van der Waals surface area contributed by atoms with Gasteiger partial charge < -0.3 is 30.4 Å². The van der Waals surface area contributed by atoms with E-state index in [1.807, 2.05) is 12.1 Å². The second-order valence-electron chi connectivity index (χ2n) is 10.3. The van der Waals surface area contributed by atoms with Crippen LogP contribution in [0.2, 0.25) is 0 Å². The molecule has 224 valence electrons. The molecule has 0 saturated heterocycles. The summed E-state index contributed by atoms with van der Waals surface area (Å²) >= 11 is 0. The van der Waals surface area contributed by atoms with Crippen LogP contribution < -0.4 is 0 Å². The Morgan fingerprint density at radius 2 is 1.17 bits per heavy atom. The molecule has 0 amide bonds. The van der Waals surface area contributed by atoms with Crippen molar-refractivity contribution in [1.82, 2.24) is 4.90 Å². The van der Waals surface area contributed by atoms with Gasteiger partial charge in [-0.3, -0.25) is 9.59 Å². The maximum Gasteiger partial charge on any atom is 0.348 e. The molecule has 2 unspecified atom stereocenters. The molecule has 0 aliphatic rings. The Bertz CT molecular complexity index is 1300. The van der Waals surface area contributed by atoms with E-state index in [9.17, 15) is 44.7 Å². The van der Waals surface area contributed by atoms with Crippen LogP contribution in [0.15, 0.2) is 84.9 Å². The fourth-order valence-corrected chi connectivity index (χ4v) is 4.85. The van der Waals surface area contributed by atoms with Crippen LogP contribution in [0.25, 0.3) is 0 Å². The number of Topliss-reactive ketones (excluding diaryl/α,β-unsaturated/α-hetero) is 2. The molecular weight excluding hydrogens is 542 g/mol. The zero-order chi connectivity index (χ0) is 31.7. The number of benzene rings is 3. The molecule has 0 saturated carbocycles. The van der Waals surface area contributed by atoms with Crippen molar-refractivity contribution in [2.45, 2.75) is 37.4 Å². The molecule has 4 atom stereocenters. The number of aliphatic hydroxyl groups is 2. The van der Waals surface area contributed by atoms with E-state index in [1.54, 1.807) is 6.07 Å². The quantitative estimate of drug-likeness (QED) is 0.158. The average Bonchev–Trinajstić information content (AvgIpc) is 2.96. The number of hydrogen-bond acceptors (Lipinski definition) is 8. The van der Waals surface area contributed by atoms with Crippen LogP contribution in [0.3, 0.4) is 0 Å². The highest BCUT2D eigenvalue weighted by Crippen LogP contribution is 2.32. The average molecular weight is 580 g/mol. The van der Waals surface area contributed by atoms with Crippen LogP contribution >= 0.6 is 0 Å². The van der Waals surface area contributed by atoms with Crippen LogP contribution in [0.4, 0.5) is 0 Å². The number of carboxylic acids is 2. The van der Waals surface area contributed by atoms with Crippen molar-refractivity contribution in [3.63, 3.8) is 0 Å². The summed E-state index contributed by atoms with van der Waals surface area (Å²) in [6.07, 6.45) is 1.11. The highest BCUT2D eigenvalue weighted by atomic mass is 16.5. The fraction of sp³-hybridized carbons (Fsp3) is 0.312. The van der Waals surface area contributed by atoms with E-state index >= 15 is 0 Å². The fourth-order valence-electron chi connectivity index (χ4n) is 4.85. The number of aliphatic carboxylic acids is 2. The van der Waals surface area contributed by atoms with Gasteiger partial charge in [0.15, 0.2) is 0 Å². The third-order valence-corrected chi connectivity index (χ3v) is 6.95. The van der Waals surface area contributed by atoms with Gasteiger partial charge in [0, 0.05) is 17.7 Å². The van der Waals surface area contributed by atoms with Gasteiger partial charge >= 0.3 is 11.9 Å². The Hall–Kier alpha value is -4.38. The molecule has 5 N–H and O–H groups in total. The molecule has 0 fully saturated rings. The van der Waals surface area contributed by atoms with E-state index in [1.165, 1.54) is 42.0 Å². The number of carboxylic acid groups (broad SMARTS) is 2. The smallest absolute Gasteiger partial charge is 0.348 e. The van der Waals surface area contributed by atoms with Gasteiger partial charge in [-0.05, 0) is 50.0 Å². The number of phenolic OH excluding ortho intramolecular Hbond substituents is 1. The molecule has 10 heteroatoms. The van der Waals surface area contributed by atoms with Crippen LogP contribution in [-0.4, -0.2) is 85.8 Å². The molecule has 0 bridgehead atoms. The van der Waals surface area contributed by atoms with Gasteiger partial charge in [0.05, 0.1) is 0 Å². The minimum absolute atomic E-state index is 0.369. The lowest BCUT2D eigenvalue weighted by atomic mass is 9.73. The van der Waals surface area contributed by atoms with E-state index < -0.39 is 45.8 Å². The summed E-state index contributed by atoms with van der Waals surface area (Å²) in [7, 11) is 4.21. The summed E-state index contributed by atoms with van der Waals surface area (Å²) < 4.78 is 0. The molecular formula is C32H37NO9. The molecule has 42 heavy (non-hydrogen) atoms. The van der Waals surface area contributed by atoms with Gasteiger partial charge in [0.1, 0.15) is 5.75 Å². The number of rotatable bonds is 12. The number of nitrogens with zero attached hydrogens (tertiary/aromatic N) is 1. The third kappa shape index (κ3) is 7.27. The summed E-state index contributed by atoms with van der Waals surface area (Å²) in [4.78, 5) is 50.7. The first-order chi connectivity index (χ1) is 19.7. The first kappa shape index (κ1) is 33.8. The molecule has 10 nitrogen and oxygen atoms in total. The molecule has 0 radical (unpaired) electrons. The zero-order valence-corrected chi connectivity index (χ0v) is 24.0. The van der Waals surface area contributed by atoms with Crippen molar-refractivity contribution >= 4 is 23.5 Å². The lowest BCUT2D eigenvalue weighted by Crippen LogP contribution is -2.71. The maximum absolute atomic E-state index is 12.6. The van der Waals surface area contributed by atoms with Crippen molar-refractivity contribution in [1.29, 1.82) is 0 Å². The van der Waals surface area contributed by atoms with Gasteiger partial charge in [-0.15, -0.1) is 0 Å². The molecule has 0 aromatic heterocycles. The van der Waals surface area contributed by atoms with Crippen molar-refractivity contribution in [2.24, 2.45) is 5.92 Å². The lowest BCUT2D eigenvalue weighted by Gasteiger charge is -2.34.